The van der Waals surface area contributed by atoms with Crippen LogP contribution in [-0.2, 0) is 9.53 Å². The zero-order chi connectivity index (χ0) is 23.9. The number of carbonyl (C=O) groups is 2. The van der Waals surface area contributed by atoms with Gasteiger partial charge in [0, 0.05) is 36.6 Å². The monoisotopic (exact) mass is 456 g/mol. The largest absolute Gasteiger partial charge is 0.466 e. The highest BCUT2D eigenvalue weighted by Gasteiger charge is 2.24. The van der Waals surface area contributed by atoms with Crippen molar-refractivity contribution < 1.29 is 14.3 Å². The summed E-state index contributed by atoms with van der Waals surface area (Å²) in [5.74, 6) is 0.0861. The molecule has 176 valence electrons. The van der Waals surface area contributed by atoms with Crippen LogP contribution in [0.15, 0.2) is 66.7 Å². The Hall–Kier alpha value is -3.60. The quantitative estimate of drug-likeness (QED) is 0.335. The number of ether oxygens (including phenoxy) is 1. The van der Waals surface area contributed by atoms with Gasteiger partial charge in [0.05, 0.1) is 7.11 Å². The fourth-order valence-electron chi connectivity index (χ4n) is 4.65. The number of rotatable bonds is 7. The number of nitrogens with one attached hydrogen (secondary N) is 1. The van der Waals surface area contributed by atoms with Crippen LogP contribution in [0.3, 0.4) is 0 Å². The Morgan fingerprint density at radius 1 is 1.00 bits per heavy atom. The second-order valence-electron chi connectivity index (χ2n) is 8.90. The Labute approximate surface area is 201 Å². The molecule has 3 aromatic carbocycles. The molecule has 4 rings (SSSR count). The zero-order valence-corrected chi connectivity index (χ0v) is 19.9. The molecule has 0 spiro atoms. The van der Waals surface area contributed by atoms with Crippen LogP contribution in [0.25, 0.3) is 16.8 Å². The third-order valence-corrected chi connectivity index (χ3v) is 6.58. The molecule has 0 bridgehead atoms. The number of hydrogen-bond acceptors (Lipinski definition) is 4. The maximum Gasteiger partial charge on any atom is 0.330 e. The summed E-state index contributed by atoms with van der Waals surface area (Å²) in [7, 11) is 3.26. The topological polar surface area (TPSA) is 58.6 Å². The van der Waals surface area contributed by atoms with Crippen LogP contribution < -0.4 is 10.2 Å². The van der Waals surface area contributed by atoms with Crippen LogP contribution in [0.5, 0.6) is 0 Å². The molecular formula is C29H32N2O3. The molecule has 3 aromatic rings. The van der Waals surface area contributed by atoms with Crippen molar-refractivity contribution in [1.29, 1.82) is 0 Å². The normalized spacial score (nSPS) is 14.3. The lowest BCUT2D eigenvalue weighted by atomic mass is 9.88. The van der Waals surface area contributed by atoms with Crippen LogP contribution in [0, 0.1) is 5.92 Å². The Morgan fingerprint density at radius 2 is 1.76 bits per heavy atom. The van der Waals surface area contributed by atoms with E-state index in [0.29, 0.717) is 18.0 Å². The zero-order valence-electron chi connectivity index (χ0n) is 19.9. The molecule has 1 amide bonds. The minimum absolute atomic E-state index is 0.000681. The molecule has 1 N–H and O–H groups in total. The third kappa shape index (κ3) is 5.66. The summed E-state index contributed by atoms with van der Waals surface area (Å²) in [6.07, 6.45) is 9.13. The van der Waals surface area contributed by atoms with Gasteiger partial charge in [-0.2, -0.15) is 0 Å². The standard InChI is InChI=1S/C29H32N2O3/c1-30-26-15-14-23-18-25(13-12-24(23)19-26)29(33)31(20-22-7-4-3-5-8-22)27-10-6-9-21(17-27)11-16-28(32)34-2/h6,9-19,22,30H,3-5,7-8,20H2,1-2H3/b16-11+. The maximum atomic E-state index is 13.8. The van der Waals surface area contributed by atoms with E-state index in [1.54, 1.807) is 6.08 Å². The molecule has 1 fully saturated rings. The van der Waals surface area contributed by atoms with Gasteiger partial charge in [-0.15, -0.1) is 0 Å². The van der Waals surface area contributed by atoms with E-state index >= 15 is 0 Å². The van der Waals surface area contributed by atoms with Gasteiger partial charge in [0.2, 0.25) is 0 Å². The van der Waals surface area contributed by atoms with Gasteiger partial charge < -0.3 is 15.0 Å². The average molecular weight is 457 g/mol. The first-order valence-electron chi connectivity index (χ1n) is 12.0. The number of methoxy groups -OCH3 is 1. The number of hydrogen-bond donors (Lipinski definition) is 1. The molecule has 0 aliphatic heterocycles. The highest BCUT2D eigenvalue weighted by molar-refractivity contribution is 6.08. The first-order chi connectivity index (χ1) is 16.6. The van der Waals surface area contributed by atoms with Crippen molar-refractivity contribution in [3.05, 3.63) is 77.9 Å². The summed E-state index contributed by atoms with van der Waals surface area (Å²) in [6, 6.07) is 19.8. The lowest BCUT2D eigenvalue weighted by Gasteiger charge is -2.30. The average Bonchev–Trinajstić information content (AvgIpc) is 2.90. The smallest absolute Gasteiger partial charge is 0.330 e. The fraction of sp³-hybridized carbons (Fsp3) is 0.310. The number of amides is 1. The minimum Gasteiger partial charge on any atom is -0.466 e. The van der Waals surface area contributed by atoms with Crippen LogP contribution >= 0.6 is 0 Å². The number of nitrogens with zero attached hydrogens (tertiary/aromatic N) is 1. The summed E-state index contributed by atoms with van der Waals surface area (Å²) in [5, 5.41) is 5.29. The van der Waals surface area contributed by atoms with Crippen molar-refractivity contribution in [3.8, 4) is 0 Å². The van der Waals surface area contributed by atoms with Gasteiger partial charge in [-0.1, -0.05) is 43.5 Å². The van der Waals surface area contributed by atoms with E-state index in [1.165, 1.54) is 32.4 Å². The predicted octanol–water partition coefficient (Wildman–Crippen LogP) is 6.29. The Bertz CT molecular complexity index is 1190. The van der Waals surface area contributed by atoms with Crippen molar-refractivity contribution in [1.82, 2.24) is 0 Å². The number of anilines is 2. The minimum atomic E-state index is -0.405. The highest BCUT2D eigenvalue weighted by Crippen LogP contribution is 2.29. The van der Waals surface area contributed by atoms with Crippen molar-refractivity contribution in [2.45, 2.75) is 32.1 Å². The van der Waals surface area contributed by atoms with Gasteiger partial charge in [-0.3, -0.25) is 4.79 Å². The molecule has 1 aliphatic carbocycles. The second kappa shape index (κ2) is 11.0. The van der Waals surface area contributed by atoms with Gasteiger partial charge in [-0.05, 0) is 77.6 Å². The van der Waals surface area contributed by atoms with Gasteiger partial charge >= 0.3 is 5.97 Å². The maximum absolute atomic E-state index is 13.8. The van der Waals surface area contributed by atoms with Crippen LogP contribution in [0.2, 0.25) is 0 Å². The SMILES string of the molecule is CNc1ccc2cc(C(=O)N(CC3CCCCC3)c3cccc(/C=C/C(=O)OC)c3)ccc2c1. The molecule has 1 aliphatic rings. The molecule has 0 aromatic heterocycles. The van der Waals surface area contributed by atoms with Crippen LogP contribution in [0.1, 0.15) is 48.0 Å². The molecule has 0 unspecified atom stereocenters. The van der Waals surface area contributed by atoms with Gasteiger partial charge in [0.1, 0.15) is 0 Å². The van der Waals surface area contributed by atoms with Gasteiger partial charge in [0.15, 0.2) is 0 Å². The number of benzene rings is 3. The summed E-state index contributed by atoms with van der Waals surface area (Å²) in [4.78, 5) is 27.3. The van der Waals surface area contributed by atoms with E-state index in [2.05, 4.69) is 11.4 Å². The summed E-state index contributed by atoms with van der Waals surface area (Å²) in [5.41, 5.74) is 3.41. The number of esters is 1. The first kappa shape index (κ1) is 23.6. The van der Waals surface area contributed by atoms with E-state index in [9.17, 15) is 9.59 Å². The Morgan fingerprint density at radius 3 is 2.53 bits per heavy atom. The van der Waals surface area contributed by atoms with Crippen molar-refractivity contribution >= 4 is 40.1 Å². The molecule has 34 heavy (non-hydrogen) atoms. The van der Waals surface area contributed by atoms with Crippen molar-refractivity contribution in [2.75, 3.05) is 30.9 Å². The number of carbonyl (C=O) groups excluding carboxylic acids is 2. The molecule has 5 heteroatoms. The Kier molecular flexibility index (Phi) is 7.63. The van der Waals surface area contributed by atoms with E-state index in [0.717, 1.165) is 40.6 Å². The molecular weight excluding hydrogens is 424 g/mol. The van der Waals surface area contributed by atoms with Gasteiger partial charge in [-0.25, -0.2) is 4.79 Å². The molecule has 0 radical (unpaired) electrons. The number of fused-ring (bicyclic) bond motifs is 1. The summed E-state index contributed by atoms with van der Waals surface area (Å²) in [6.45, 7) is 0.694. The van der Waals surface area contributed by atoms with E-state index < -0.39 is 5.97 Å². The van der Waals surface area contributed by atoms with Crippen LogP contribution in [-0.4, -0.2) is 32.6 Å². The lowest BCUT2D eigenvalue weighted by Crippen LogP contribution is -2.36. The fourth-order valence-corrected chi connectivity index (χ4v) is 4.65. The van der Waals surface area contributed by atoms with Gasteiger partial charge in [0.25, 0.3) is 5.91 Å². The molecule has 5 nitrogen and oxygen atoms in total. The molecule has 0 atom stereocenters. The third-order valence-electron chi connectivity index (χ3n) is 6.58. The van der Waals surface area contributed by atoms with Crippen LogP contribution in [0.4, 0.5) is 11.4 Å². The Balaban J connectivity index is 1.67. The first-order valence-corrected chi connectivity index (χ1v) is 12.0. The second-order valence-corrected chi connectivity index (χ2v) is 8.90. The van der Waals surface area contributed by atoms with E-state index in [4.69, 9.17) is 4.74 Å². The van der Waals surface area contributed by atoms with Crippen molar-refractivity contribution in [3.63, 3.8) is 0 Å². The molecule has 0 heterocycles. The summed E-state index contributed by atoms with van der Waals surface area (Å²) < 4.78 is 4.70. The predicted molar refractivity (Wildman–Crippen MR) is 139 cm³/mol. The van der Waals surface area contributed by atoms with Crippen molar-refractivity contribution in [2.24, 2.45) is 5.92 Å². The van der Waals surface area contributed by atoms with E-state index in [-0.39, 0.29) is 5.91 Å². The lowest BCUT2D eigenvalue weighted by molar-refractivity contribution is -0.134. The summed E-state index contributed by atoms with van der Waals surface area (Å²) >= 11 is 0. The molecule has 1 saturated carbocycles. The van der Waals surface area contributed by atoms with E-state index in [1.807, 2.05) is 66.5 Å². The highest BCUT2D eigenvalue weighted by atomic mass is 16.5. The molecule has 0 saturated heterocycles.